The minimum atomic E-state index is -0.114. The van der Waals surface area contributed by atoms with E-state index in [0.29, 0.717) is 30.6 Å². The summed E-state index contributed by atoms with van der Waals surface area (Å²) >= 11 is 0. The van der Waals surface area contributed by atoms with Crippen LogP contribution >= 0.6 is 0 Å². The van der Waals surface area contributed by atoms with Gasteiger partial charge in [0.15, 0.2) is 11.6 Å². The number of hydrogen-bond donors (Lipinski definition) is 1. The zero-order valence-electron chi connectivity index (χ0n) is 13.7. The van der Waals surface area contributed by atoms with Crippen molar-refractivity contribution in [2.75, 3.05) is 18.4 Å². The topological polar surface area (TPSA) is 97.3 Å². The molecule has 0 saturated carbocycles. The predicted octanol–water partition coefficient (Wildman–Crippen LogP) is 2.66. The second kappa shape index (κ2) is 6.26. The van der Waals surface area contributed by atoms with E-state index in [0.717, 1.165) is 49.8 Å². The van der Waals surface area contributed by atoms with Gasteiger partial charge in [-0.3, -0.25) is 5.32 Å². The van der Waals surface area contributed by atoms with Gasteiger partial charge in [0.05, 0.1) is 0 Å². The van der Waals surface area contributed by atoms with E-state index in [1.54, 1.807) is 0 Å². The van der Waals surface area contributed by atoms with Crippen LogP contribution in [0.1, 0.15) is 54.6 Å². The van der Waals surface area contributed by atoms with Crippen LogP contribution in [-0.2, 0) is 12.8 Å². The van der Waals surface area contributed by atoms with E-state index in [-0.39, 0.29) is 11.9 Å². The van der Waals surface area contributed by atoms with Crippen LogP contribution in [0.5, 0.6) is 0 Å². The highest BCUT2D eigenvalue weighted by atomic mass is 16.5. The van der Waals surface area contributed by atoms with Crippen molar-refractivity contribution >= 4 is 11.8 Å². The minimum absolute atomic E-state index is 0.114. The molecular formula is C16H21N5O3. The van der Waals surface area contributed by atoms with Gasteiger partial charge in [-0.2, -0.15) is 4.98 Å². The summed E-state index contributed by atoms with van der Waals surface area (Å²) in [7, 11) is 0. The molecule has 1 fully saturated rings. The molecule has 128 valence electrons. The van der Waals surface area contributed by atoms with Gasteiger partial charge in [-0.1, -0.05) is 10.3 Å². The maximum atomic E-state index is 12.5. The number of rotatable bonds is 2. The molecular weight excluding hydrogens is 310 g/mol. The molecule has 1 saturated heterocycles. The smallest absolute Gasteiger partial charge is 0.323 e. The number of fused-ring (bicyclic) bond motifs is 1. The second-order valence-corrected chi connectivity index (χ2v) is 6.51. The highest BCUT2D eigenvalue weighted by Crippen LogP contribution is 2.29. The largest absolute Gasteiger partial charge is 0.359 e. The number of amides is 2. The lowest BCUT2D eigenvalue weighted by atomic mass is 9.97. The number of urea groups is 1. The Morgan fingerprint density at radius 1 is 1.17 bits per heavy atom. The first-order valence-electron chi connectivity index (χ1n) is 8.54. The lowest BCUT2D eigenvalue weighted by Gasteiger charge is -2.30. The van der Waals surface area contributed by atoms with Gasteiger partial charge in [0, 0.05) is 31.0 Å². The number of carbonyl (C=O) groups is 1. The first-order valence-corrected chi connectivity index (χ1v) is 8.54. The van der Waals surface area contributed by atoms with Crippen molar-refractivity contribution in [2.45, 2.75) is 51.4 Å². The van der Waals surface area contributed by atoms with Crippen LogP contribution in [0.15, 0.2) is 9.05 Å². The standard InChI is InChI=1S/C16H21N5O3/c1-10-17-15(24-19-10)11-6-8-21(9-7-11)16(22)18-14-12-4-2-3-5-13(12)23-20-14/h11H,2-9H2,1H3,(H,18,20,22). The Morgan fingerprint density at radius 2 is 1.96 bits per heavy atom. The number of piperidine rings is 1. The number of anilines is 1. The lowest BCUT2D eigenvalue weighted by Crippen LogP contribution is -2.40. The van der Waals surface area contributed by atoms with Crippen LogP contribution in [0.3, 0.4) is 0 Å². The quantitative estimate of drug-likeness (QED) is 0.908. The highest BCUT2D eigenvalue weighted by molar-refractivity contribution is 5.89. The molecule has 2 aliphatic rings. The van der Waals surface area contributed by atoms with Crippen molar-refractivity contribution in [3.05, 3.63) is 23.0 Å². The Bertz CT molecular complexity index is 730. The molecule has 0 radical (unpaired) electrons. The molecule has 2 aromatic rings. The Balaban J connectivity index is 1.35. The van der Waals surface area contributed by atoms with E-state index in [9.17, 15) is 4.79 Å². The fourth-order valence-electron chi connectivity index (χ4n) is 3.47. The minimum Gasteiger partial charge on any atom is -0.359 e. The number of nitrogens with zero attached hydrogens (tertiary/aromatic N) is 4. The molecule has 1 aliphatic carbocycles. The van der Waals surface area contributed by atoms with E-state index in [1.807, 2.05) is 11.8 Å². The van der Waals surface area contributed by atoms with Crippen LogP contribution < -0.4 is 5.32 Å². The number of aromatic nitrogens is 3. The molecule has 0 aromatic carbocycles. The van der Waals surface area contributed by atoms with E-state index in [2.05, 4.69) is 20.6 Å². The fraction of sp³-hybridized carbons (Fsp3) is 0.625. The van der Waals surface area contributed by atoms with Crippen molar-refractivity contribution in [3.63, 3.8) is 0 Å². The Hall–Kier alpha value is -2.38. The van der Waals surface area contributed by atoms with E-state index in [1.165, 1.54) is 0 Å². The first-order chi connectivity index (χ1) is 11.7. The number of aryl methyl sites for hydroxylation is 2. The normalized spacial score (nSPS) is 18.5. The summed E-state index contributed by atoms with van der Waals surface area (Å²) in [6, 6.07) is -0.114. The third kappa shape index (κ3) is 2.88. The summed E-state index contributed by atoms with van der Waals surface area (Å²) < 4.78 is 10.6. The van der Waals surface area contributed by atoms with Gasteiger partial charge in [-0.05, 0) is 39.0 Å². The Labute approximate surface area is 139 Å². The van der Waals surface area contributed by atoms with E-state index in [4.69, 9.17) is 9.05 Å². The van der Waals surface area contributed by atoms with Crippen molar-refractivity contribution in [2.24, 2.45) is 0 Å². The van der Waals surface area contributed by atoms with Gasteiger partial charge in [0.2, 0.25) is 5.89 Å². The monoisotopic (exact) mass is 331 g/mol. The summed E-state index contributed by atoms with van der Waals surface area (Å²) in [5, 5.41) is 10.8. The average molecular weight is 331 g/mol. The van der Waals surface area contributed by atoms with Crippen LogP contribution in [-0.4, -0.2) is 39.3 Å². The summed E-state index contributed by atoms with van der Waals surface area (Å²) in [4.78, 5) is 18.6. The lowest BCUT2D eigenvalue weighted by molar-refractivity contribution is 0.187. The molecule has 24 heavy (non-hydrogen) atoms. The van der Waals surface area contributed by atoms with Crippen molar-refractivity contribution < 1.29 is 13.8 Å². The zero-order valence-corrected chi connectivity index (χ0v) is 13.7. The Kier molecular flexibility index (Phi) is 3.95. The third-order valence-electron chi connectivity index (χ3n) is 4.85. The first kappa shape index (κ1) is 15.2. The van der Waals surface area contributed by atoms with E-state index < -0.39 is 0 Å². The summed E-state index contributed by atoms with van der Waals surface area (Å²) in [6.45, 7) is 3.14. The van der Waals surface area contributed by atoms with Crippen molar-refractivity contribution in [1.29, 1.82) is 0 Å². The third-order valence-corrected chi connectivity index (χ3v) is 4.85. The fourth-order valence-corrected chi connectivity index (χ4v) is 3.47. The predicted molar refractivity (Wildman–Crippen MR) is 84.7 cm³/mol. The van der Waals surface area contributed by atoms with Gasteiger partial charge >= 0.3 is 6.03 Å². The van der Waals surface area contributed by atoms with E-state index >= 15 is 0 Å². The number of nitrogens with one attached hydrogen (secondary N) is 1. The zero-order chi connectivity index (χ0) is 16.5. The molecule has 0 unspecified atom stereocenters. The van der Waals surface area contributed by atoms with Gasteiger partial charge in [0.25, 0.3) is 0 Å². The summed E-state index contributed by atoms with van der Waals surface area (Å²) in [5.41, 5.74) is 1.06. The molecule has 0 atom stereocenters. The molecule has 2 aromatic heterocycles. The number of hydrogen-bond acceptors (Lipinski definition) is 6. The van der Waals surface area contributed by atoms with Crippen LogP contribution in [0, 0.1) is 6.92 Å². The molecule has 1 N–H and O–H groups in total. The molecule has 4 rings (SSSR count). The molecule has 0 bridgehead atoms. The summed E-state index contributed by atoms with van der Waals surface area (Å²) in [5.74, 6) is 3.07. The highest BCUT2D eigenvalue weighted by Gasteiger charge is 2.28. The van der Waals surface area contributed by atoms with Gasteiger partial charge in [0.1, 0.15) is 5.76 Å². The maximum absolute atomic E-state index is 12.5. The SMILES string of the molecule is Cc1noc(C2CCN(C(=O)Nc3noc4c3CCCC4)CC2)n1. The van der Waals surface area contributed by atoms with Crippen LogP contribution in [0.25, 0.3) is 0 Å². The average Bonchev–Trinajstić information content (AvgIpc) is 3.22. The second-order valence-electron chi connectivity index (χ2n) is 6.51. The van der Waals surface area contributed by atoms with Gasteiger partial charge < -0.3 is 13.9 Å². The molecule has 3 heterocycles. The van der Waals surface area contributed by atoms with Crippen LogP contribution in [0.4, 0.5) is 10.6 Å². The maximum Gasteiger partial charge on any atom is 0.323 e. The Morgan fingerprint density at radius 3 is 2.71 bits per heavy atom. The van der Waals surface area contributed by atoms with Crippen molar-refractivity contribution in [3.8, 4) is 0 Å². The van der Waals surface area contributed by atoms with Crippen molar-refractivity contribution in [1.82, 2.24) is 20.2 Å². The molecule has 8 heteroatoms. The summed E-state index contributed by atoms with van der Waals surface area (Å²) in [6.07, 6.45) is 5.72. The van der Waals surface area contributed by atoms with Crippen LogP contribution in [0.2, 0.25) is 0 Å². The number of carbonyl (C=O) groups excluding carboxylic acids is 1. The number of likely N-dealkylation sites (tertiary alicyclic amines) is 1. The molecule has 0 spiro atoms. The molecule has 8 nitrogen and oxygen atoms in total. The molecule has 1 aliphatic heterocycles. The van der Waals surface area contributed by atoms with Gasteiger partial charge in [-0.15, -0.1) is 0 Å². The molecule has 2 amide bonds. The van der Waals surface area contributed by atoms with Gasteiger partial charge in [-0.25, -0.2) is 4.79 Å².